The van der Waals surface area contributed by atoms with Crippen LogP contribution in [0.3, 0.4) is 0 Å². The number of aromatic hydroxyl groups is 1. The zero-order valence-corrected chi connectivity index (χ0v) is 15.4. The first kappa shape index (κ1) is 19.2. The van der Waals surface area contributed by atoms with E-state index in [9.17, 15) is 14.7 Å². The SMILES string of the molecule is NC(=O)CN(Cc1ccc(O)cc1)C(=O)C(c1ccccc1)c1ccccc1. The molecule has 0 bridgehead atoms. The summed E-state index contributed by atoms with van der Waals surface area (Å²) in [6, 6.07) is 25.5. The Hall–Kier alpha value is -3.60. The summed E-state index contributed by atoms with van der Waals surface area (Å²) in [7, 11) is 0. The minimum atomic E-state index is -0.577. The van der Waals surface area contributed by atoms with Gasteiger partial charge in [0.2, 0.25) is 11.8 Å². The van der Waals surface area contributed by atoms with Crippen LogP contribution in [-0.2, 0) is 16.1 Å². The van der Waals surface area contributed by atoms with Crippen molar-refractivity contribution in [1.82, 2.24) is 4.90 Å². The van der Waals surface area contributed by atoms with E-state index in [4.69, 9.17) is 5.73 Å². The molecule has 5 heteroatoms. The number of hydrogen-bond donors (Lipinski definition) is 2. The van der Waals surface area contributed by atoms with Crippen molar-refractivity contribution in [1.29, 1.82) is 0 Å². The number of phenols is 1. The first-order valence-corrected chi connectivity index (χ1v) is 8.99. The molecule has 0 atom stereocenters. The molecule has 0 aliphatic rings. The lowest BCUT2D eigenvalue weighted by Gasteiger charge is -2.27. The molecule has 0 fully saturated rings. The molecule has 0 spiro atoms. The van der Waals surface area contributed by atoms with Crippen LogP contribution in [0.15, 0.2) is 84.9 Å². The van der Waals surface area contributed by atoms with Crippen LogP contribution in [0.5, 0.6) is 5.75 Å². The molecule has 3 aromatic rings. The second-order valence-electron chi connectivity index (χ2n) is 6.58. The van der Waals surface area contributed by atoms with Crippen molar-refractivity contribution < 1.29 is 14.7 Å². The summed E-state index contributed by atoms with van der Waals surface area (Å²) in [6.45, 7) is 0.0358. The monoisotopic (exact) mass is 374 g/mol. The van der Waals surface area contributed by atoms with Crippen LogP contribution < -0.4 is 5.73 Å². The predicted octanol–water partition coefficient (Wildman–Crippen LogP) is 3.04. The van der Waals surface area contributed by atoms with Crippen molar-refractivity contribution in [3.8, 4) is 5.75 Å². The first-order valence-electron chi connectivity index (χ1n) is 8.99. The number of carbonyl (C=O) groups excluding carboxylic acids is 2. The Bertz CT molecular complexity index is 886. The van der Waals surface area contributed by atoms with Crippen LogP contribution in [0.4, 0.5) is 0 Å². The van der Waals surface area contributed by atoms with E-state index in [0.717, 1.165) is 16.7 Å². The summed E-state index contributed by atoms with van der Waals surface area (Å²) < 4.78 is 0. The number of nitrogens with two attached hydrogens (primary N) is 1. The maximum atomic E-state index is 13.5. The van der Waals surface area contributed by atoms with E-state index in [1.807, 2.05) is 60.7 Å². The highest BCUT2D eigenvalue weighted by atomic mass is 16.3. The lowest BCUT2D eigenvalue weighted by Crippen LogP contribution is -2.40. The average molecular weight is 374 g/mol. The summed E-state index contributed by atoms with van der Waals surface area (Å²) in [6.07, 6.45) is 0. The fraction of sp³-hybridized carbons (Fsp3) is 0.130. The van der Waals surface area contributed by atoms with Gasteiger partial charge in [0.05, 0.1) is 12.5 Å². The first-order chi connectivity index (χ1) is 13.5. The van der Waals surface area contributed by atoms with Crippen LogP contribution >= 0.6 is 0 Å². The number of amides is 2. The molecule has 0 saturated carbocycles. The molecule has 0 aliphatic heterocycles. The van der Waals surface area contributed by atoms with Crippen LogP contribution in [0.2, 0.25) is 0 Å². The van der Waals surface area contributed by atoms with Gasteiger partial charge in [0.15, 0.2) is 0 Å². The van der Waals surface area contributed by atoms with Gasteiger partial charge in [0.1, 0.15) is 5.75 Å². The molecule has 142 valence electrons. The molecule has 0 aliphatic carbocycles. The zero-order chi connectivity index (χ0) is 19.9. The molecule has 2 amide bonds. The van der Waals surface area contributed by atoms with Gasteiger partial charge in [-0.05, 0) is 28.8 Å². The van der Waals surface area contributed by atoms with Gasteiger partial charge in [-0.15, -0.1) is 0 Å². The maximum absolute atomic E-state index is 13.5. The number of carbonyl (C=O) groups is 2. The van der Waals surface area contributed by atoms with Crippen molar-refractivity contribution in [2.45, 2.75) is 12.5 Å². The number of primary amides is 1. The summed E-state index contributed by atoms with van der Waals surface area (Å²) in [5, 5.41) is 9.48. The summed E-state index contributed by atoms with van der Waals surface area (Å²) >= 11 is 0. The van der Waals surface area contributed by atoms with Crippen LogP contribution in [0.25, 0.3) is 0 Å². The highest BCUT2D eigenvalue weighted by Crippen LogP contribution is 2.27. The van der Waals surface area contributed by atoms with Crippen molar-refractivity contribution in [3.05, 3.63) is 102 Å². The molecule has 0 radical (unpaired) electrons. The van der Waals surface area contributed by atoms with Gasteiger partial charge in [0, 0.05) is 6.54 Å². The fourth-order valence-electron chi connectivity index (χ4n) is 3.17. The normalized spacial score (nSPS) is 10.6. The summed E-state index contributed by atoms with van der Waals surface area (Å²) in [4.78, 5) is 26.6. The maximum Gasteiger partial charge on any atom is 0.237 e. The van der Waals surface area contributed by atoms with Crippen molar-refractivity contribution in [3.63, 3.8) is 0 Å². The molecular weight excluding hydrogens is 352 g/mol. The van der Waals surface area contributed by atoms with Crippen LogP contribution in [0.1, 0.15) is 22.6 Å². The van der Waals surface area contributed by atoms with Gasteiger partial charge < -0.3 is 15.7 Å². The highest BCUT2D eigenvalue weighted by Gasteiger charge is 2.28. The Labute approximate surface area is 164 Å². The molecular formula is C23H22N2O3. The van der Waals surface area contributed by atoms with E-state index in [2.05, 4.69) is 0 Å². The Morgan fingerprint density at radius 2 is 1.32 bits per heavy atom. The molecule has 0 unspecified atom stereocenters. The number of rotatable bonds is 7. The minimum absolute atomic E-state index is 0.142. The number of benzene rings is 3. The molecule has 3 N–H and O–H groups in total. The quantitative estimate of drug-likeness (QED) is 0.667. The number of nitrogens with zero attached hydrogens (tertiary/aromatic N) is 1. The average Bonchev–Trinajstić information content (AvgIpc) is 2.70. The van der Waals surface area contributed by atoms with E-state index in [1.54, 1.807) is 24.3 Å². The molecule has 28 heavy (non-hydrogen) atoms. The Morgan fingerprint density at radius 1 is 0.821 bits per heavy atom. The van der Waals surface area contributed by atoms with Gasteiger partial charge in [-0.3, -0.25) is 9.59 Å². The Morgan fingerprint density at radius 3 is 1.79 bits per heavy atom. The third-order valence-corrected chi connectivity index (χ3v) is 4.48. The smallest absolute Gasteiger partial charge is 0.237 e. The van der Waals surface area contributed by atoms with Gasteiger partial charge in [0.25, 0.3) is 0 Å². The van der Waals surface area contributed by atoms with Crippen LogP contribution in [0, 0.1) is 0 Å². The topological polar surface area (TPSA) is 83.6 Å². The largest absolute Gasteiger partial charge is 0.508 e. The van der Waals surface area contributed by atoms with Crippen LogP contribution in [-0.4, -0.2) is 28.4 Å². The highest BCUT2D eigenvalue weighted by molar-refractivity contribution is 5.90. The second-order valence-corrected chi connectivity index (χ2v) is 6.58. The third-order valence-electron chi connectivity index (χ3n) is 4.48. The predicted molar refractivity (Wildman–Crippen MR) is 107 cm³/mol. The van der Waals surface area contributed by atoms with Crippen molar-refractivity contribution >= 4 is 11.8 Å². The van der Waals surface area contributed by atoms with Crippen molar-refractivity contribution in [2.75, 3.05) is 6.54 Å². The molecule has 0 saturated heterocycles. The standard InChI is InChI=1S/C23H22N2O3/c24-21(27)16-25(15-17-11-13-20(26)14-12-17)23(28)22(18-7-3-1-4-8-18)19-9-5-2-6-10-19/h1-14,22,26H,15-16H2,(H2,24,27). The van der Waals surface area contributed by atoms with Gasteiger partial charge in [-0.25, -0.2) is 0 Å². The molecule has 5 nitrogen and oxygen atoms in total. The van der Waals surface area contributed by atoms with E-state index in [1.165, 1.54) is 4.90 Å². The summed E-state index contributed by atoms with van der Waals surface area (Å²) in [5.74, 6) is -1.18. The number of hydrogen-bond acceptors (Lipinski definition) is 3. The molecule has 3 rings (SSSR count). The van der Waals surface area contributed by atoms with E-state index < -0.39 is 11.8 Å². The fourth-order valence-corrected chi connectivity index (χ4v) is 3.17. The summed E-state index contributed by atoms with van der Waals surface area (Å²) in [5.41, 5.74) is 7.90. The Kier molecular flexibility index (Phi) is 6.07. The van der Waals surface area contributed by atoms with E-state index in [-0.39, 0.29) is 24.7 Å². The molecule has 0 heterocycles. The molecule has 0 aromatic heterocycles. The lowest BCUT2D eigenvalue weighted by molar-refractivity contribution is -0.136. The van der Waals surface area contributed by atoms with Crippen molar-refractivity contribution in [2.24, 2.45) is 5.73 Å². The van der Waals surface area contributed by atoms with E-state index in [0.29, 0.717) is 0 Å². The third kappa shape index (κ3) is 4.76. The minimum Gasteiger partial charge on any atom is -0.508 e. The zero-order valence-electron chi connectivity index (χ0n) is 15.4. The van der Waals surface area contributed by atoms with Gasteiger partial charge in [-0.2, -0.15) is 0 Å². The number of phenolic OH excluding ortho intramolecular Hbond substituents is 1. The van der Waals surface area contributed by atoms with E-state index >= 15 is 0 Å². The lowest BCUT2D eigenvalue weighted by atomic mass is 9.90. The second kappa shape index (κ2) is 8.86. The van der Waals surface area contributed by atoms with Gasteiger partial charge in [-0.1, -0.05) is 72.8 Å². The Balaban J connectivity index is 1.97. The molecule has 3 aromatic carbocycles. The van der Waals surface area contributed by atoms with Gasteiger partial charge >= 0.3 is 0 Å².